The zero-order valence-corrected chi connectivity index (χ0v) is 20.7. The lowest BCUT2D eigenvalue weighted by molar-refractivity contribution is -0.00439. The number of carbonyl (C=O) groups is 1. The van der Waals surface area contributed by atoms with Crippen molar-refractivity contribution in [1.29, 1.82) is 0 Å². The number of fused-ring (bicyclic) bond motifs is 3. The fourth-order valence-corrected chi connectivity index (χ4v) is 4.71. The third-order valence-corrected chi connectivity index (χ3v) is 6.43. The van der Waals surface area contributed by atoms with Gasteiger partial charge < -0.3 is 19.3 Å². The first-order valence-corrected chi connectivity index (χ1v) is 11.7. The van der Waals surface area contributed by atoms with Gasteiger partial charge in [-0.05, 0) is 24.3 Å². The number of hydrogen-bond donors (Lipinski definition) is 1. The van der Waals surface area contributed by atoms with Gasteiger partial charge in [-0.1, -0.05) is 23.7 Å². The van der Waals surface area contributed by atoms with E-state index in [2.05, 4.69) is 15.3 Å². The molecule has 0 unspecified atom stereocenters. The van der Waals surface area contributed by atoms with Crippen molar-refractivity contribution in [3.8, 4) is 17.2 Å². The summed E-state index contributed by atoms with van der Waals surface area (Å²) in [5.74, 6) is 0.474. The Bertz CT molecular complexity index is 1460. The van der Waals surface area contributed by atoms with E-state index in [0.717, 1.165) is 0 Å². The van der Waals surface area contributed by atoms with Crippen LogP contribution in [-0.2, 0) is 18.0 Å². The van der Waals surface area contributed by atoms with E-state index < -0.39 is 24.9 Å². The number of benzene rings is 2. The number of ether oxygens (including phenoxy) is 3. The molecule has 0 saturated heterocycles. The molecule has 1 N–H and O–H groups in total. The van der Waals surface area contributed by atoms with E-state index in [4.69, 9.17) is 25.8 Å². The van der Waals surface area contributed by atoms with Crippen molar-refractivity contribution in [2.75, 3.05) is 14.2 Å². The maximum atomic E-state index is 14.0. The Hall–Kier alpha value is -3.96. The van der Waals surface area contributed by atoms with Crippen molar-refractivity contribution in [3.05, 3.63) is 82.2 Å². The second-order valence-electron chi connectivity index (χ2n) is 8.32. The predicted octanol–water partition coefficient (Wildman–Crippen LogP) is 4.55. The first kappa shape index (κ1) is 24.7. The van der Waals surface area contributed by atoms with E-state index in [1.807, 2.05) is 12.1 Å². The van der Waals surface area contributed by atoms with E-state index in [1.165, 1.54) is 17.1 Å². The number of halogens is 2. The van der Waals surface area contributed by atoms with Crippen LogP contribution in [0.3, 0.4) is 0 Å². The Morgan fingerprint density at radius 2 is 2.03 bits per heavy atom. The van der Waals surface area contributed by atoms with Gasteiger partial charge in [-0.15, -0.1) is 10.2 Å². The van der Waals surface area contributed by atoms with E-state index in [1.54, 1.807) is 43.1 Å². The Kier molecular flexibility index (Phi) is 6.81. The van der Waals surface area contributed by atoms with Crippen molar-refractivity contribution in [1.82, 2.24) is 24.5 Å². The molecule has 0 bridgehead atoms. The van der Waals surface area contributed by atoms with Crippen LogP contribution in [0.5, 0.6) is 11.5 Å². The van der Waals surface area contributed by atoms with Gasteiger partial charge in [0.2, 0.25) is 0 Å². The number of carboxylic acids is 1. The summed E-state index contributed by atoms with van der Waals surface area (Å²) in [5, 5.41) is 22.1. The first-order chi connectivity index (χ1) is 17.9. The summed E-state index contributed by atoms with van der Waals surface area (Å²) in [4.78, 5) is 11.3. The van der Waals surface area contributed by atoms with Crippen LogP contribution in [0.25, 0.3) is 5.69 Å². The topological polar surface area (TPSA) is 114 Å². The lowest BCUT2D eigenvalue weighted by Crippen LogP contribution is -2.15. The standard InChI is InChI=1S/C25H23ClFN5O5/c1-35-19-5-3-4-16(23(19)36-2)22-17-10-15(26)6-7-18(17)32-21(11-27)29-30-24(32)20(37-22)8-9-31-13-14(12-28-31)25(33)34/h3-7,10,12-13,20,22H,8-9,11H2,1-2H3,(H,33,34)/t20-,22-/m1/s1. The van der Waals surface area contributed by atoms with E-state index in [9.17, 15) is 14.3 Å². The zero-order chi connectivity index (χ0) is 26.1. The number of aromatic nitrogens is 5. The quantitative estimate of drug-likeness (QED) is 0.355. The highest BCUT2D eigenvalue weighted by Gasteiger charge is 2.35. The van der Waals surface area contributed by atoms with Crippen LogP contribution >= 0.6 is 11.6 Å². The normalized spacial score (nSPS) is 16.5. The highest BCUT2D eigenvalue weighted by atomic mass is 35.5. The van der Waals surface area contributed by atoms with Crippen molar-refractivity contribution < 1.29 is 28.5 Å². The minimum Gasteiger partial charge on any atom is -0.493 e. The summed E-state index contributed by atoms with van der Waals surface area (Å²) >= 11 is 6.41. The maximum Gasteiger partial charge on any atom is 0.338 e. The van der Waals surface area contributed by atoms with Gasteiger partial charge in [0.25, 0.3) is 0 Å². The molecular weight excluding hydrogens is 505 g/mol. The summed E-state index contributed by atoms with van der Waals surface area (Å²) in [6, 6.07) is 10.7. The SMILES string of the molecule is COc1cccc([C@H]2O[C@H](CCn3cc(C(=O)O)cn3)c3nnc(CF)n3-c3ccc(Cl)cc32)c1OC. The molecule has 37 heavy (non-hydrogen) atoms. The Morgan fingerprint density at radius 3 is 2.73 bits per heavy atom. The van der Waals surface area contributed by atoms with Gasteiger partial charge in [0.1, 0.15) is 18.9 Å². The molecular formula is C25H23ClFN5O5. The second kappa shape index (κ2) is 10.2. The summed E-state index contributed by atoms with van der Waals surface area (Å²) < 4.78 is 35.1. The van der Waals surface area contributed by atoms with Gasteiger partial charge in [-0.3, -0.25) is 9.25 Å². The van der Waals surface area contributed by atoms with Gasteiger partial charge in [0.05, 0.1) is 31.7 Å². The van der Waals surface area contributed by atoms with Crippen LogP contribution in [0.4, 0.5) is 4.39 Å². The van der Waals surface area contributed by atoms with E-state index >= 15 is 0 Å². The number of methoxy groups -OCH3 is 2. The van der Waals surface area contributed by atoms with Crippen LogP contribution in [0.2, 0.25) is 5.02 Å². The molecule has 2 aromatic carbocycles. The second-order valence-corrected chi connectivity index (χ2v) is 8.76. The fourth-order valence-electron chi connectivity index (χ4n) is 4.53. The Labute approximate surface area is 216 Å². The molecule has 2 atom stereocenters. The molecule has 1 aliphatic heterocycles. The summed E-state index contributed by atoms with van der Waals surface area (Å²) in [6.07, 6.45) is 1.70. The first-order valence-electron chi connectivity index (χ1n) is 11.4. The van der Waals surface area contributed by atoms with Gasteiger partial charge in [0.15, 0.2) is 23.1 Å². The molecule has 1 aliphatic rings. The highest BCUT2D eigenvalue weighted by molar-refractivity contribution is 6.30. The fraction of sp³-hybridized carbons (Fsp3) is 0.280. The molecule has 10 nitrogen and oxygen atoms in total. The van der Waals surface area contributed by atoms with Crippen molar-refractivity contribution >= 4 is 17.6 Å². The molecule has 0 amide bonds. The van der Waals surface area contributed by atoms with Crippen LogP contribution in [0.15, 0.2) is 48.8 Å². The van der Waals surface area contributed by atoms with E-state index in [0.29, 0.717) is 52.1 Å². The Morgan fingerprint density at radius 1 is 1.19 bits per heavy atom. The van der Waals surface area contributed by atoms with Crippen molar-refractivity contribution in [3.63, 3.8) is 0 Å². The number of alkyl halides is 1. The zero-order valence-electron chi connectivity index (χ0n) is 20.0. The summed E-state index contributed by atoms with van der Waals surface area (Å²) in [7, 11) is 3.09. The van der Waals surface area contributed by atoms with Crippen LogP contribution in [0.1, 0.15) is 51.8 Å². The molecule has 0 spiro atoms. The molecule has 192 valence electrons. The number of nitrogens with zero attached hydrogens (tertiary/aromatic N) is 5. The predicted molar refractivity (Wildman–Crippen MR) is 130 cm³/mol. The van der Waals surface area contributed by atoms with Gasteiger partial charge >= 0.3 is 5.97 Å². The van der Waals surface area contributed by atoms with Gasteiger partial charge in [-0.2, -0.15) is 5.10 Å². The van der Waals surface area contributed by atoms with Gasteiger partial charge in [-0.25, -0.2) is 9.18 Å². The third kappa shape index (κ3) is 4.51. The highest BCUT2D eigenvalue weighted by Crippen LogP contribution is 2.46. The number of para-hydroxylation sites is 1. The number of aryl methyl sites for hydroxylation is 1. The van der Waals surface area contributed by atoms with Crippen LogP contribution in [-0.4, -0.2) is 49.8 Å². The minimum absolute atomic E-state index is 0.0747. The monoisotopic (exact) mass is 527 g/mol. The molecule has 3 heterocycles. The maximum absolute atomic E-state index is 14.0. The molecule has 2 aromatic heterocycles. The number of rotatable bonds is 8. The molecule has 12 heteroatoms. The van der Waals surface area contributed by atoms with E-state index in [-0.39, 0.29) is 11.4 Å². The Balaban J connectivity index is 1.64. The molecule has 0 radical (unpaired) electrons. The average molecular weight is 528 g/mol. The van der Waals surface area contributed by atoms with Crippen molar-refractivity contribution in [2.45, 2.75) is 31.8 Å². The lowest BCUT2D eigenvalue weighted by Gasteiger charge is -2.25. The lowest BCUT2D eigenvalue weighted by atomic mass is 9.98. The largest absolute Gasteiger partial charge is 0.493 e. The average Bonchev–Trinajstić information content (AvgIpc) is 3.53. The summed E-state index contributed by atoms with van der Waals surface area (Å²) in [6.45, 7) is -0.523. The molecule has 4 aromatic rings. The number of aromatic carboxylic acids is 1. The molecule has 5 rings (SSSR count). The molecule has 0 fully saturated rings. The molecule has 0 aliphatic carbocycles. The van der Waals surface area contributed by atoms with Gasteiger partial charge in [0, 0.05) is 35.3 Å². The molecule has 0 saturated carbocycles. The third-order valence-electron chi connectivity index (χ3n) is 6.19. The number of hydrogen-bond acceptors (Lipinski definition) is 7. The van der Waals surface area contributed by atoms with Crippen LogP contribution in [0, 0.1) is 0 Å². The smallest absolute Gasteiger partial charge is 0.338 e. The van der Waals surface area contributed by atoms with Crippen LogP contribution < -0.4 is 9.47 Å². The number of carboxylic acid groups (broad SMARTS) is 1. The minimum atomic E-state index is -1.07. The summed E-state index contributed by atoms with van der Waals surface area (Å²) in [5.41, 5.74) is 2.06. The van der Waals surface area contributed by atoms with Crippen molar-refractivity contribution in [2.24, 2.45) is 0 Å².